The molecule has 0 atom stereocenters. The van der Waals surface area contributed by atoms with E-state index in [4.69, 9.17) is 18.9 Å². The van der Waals surface area contributed by atoms with Crippen molar-refractivity contribution in [1.82, 2.24) is 4.31 Å². The molecule has 2 aromatic carbocycles. The number of ketones is 1. The smallest absolute Gasteiger partial charge is 0.338 e. The minimum Gasteiger partial charge on any atom is -0.497 e. The zero-order valence-electron chi connectivity index (χ0n) is 18.1. The van der Waals surface area contributed by atoms with Gasteiger partial charge in [0.05, 0.1) is 43.5 Å². The molecule has 9 nitrogen and oxygen atoms in total. The maximum atomic E-state index is 13.0. The van der Waals surface area contributed by atoms with Crippen molar-refractivity contribution in [3.8, 4) is 11.5 Å². The molecule has 0 spiro atoms. The van der Waals surface area contributed by atoms with Gasteiger partial charge in [-0.2, -0.15) is 4.31 Å². The molecule has 0 aliphatic carbocycles. The van der Waals surface area contributed by atoms with Crippen LogP contribution in [-0.2, 0) is 19.5 Å². The molecule has 1 saturated heterocycles. The van der Waals surface area contributed by atoms with Gasteiger partial charge in [-0.15, -0.1) is 0 Å². The van der Waals surface area contributed by atoms with Crippen LogP contribution in [0, 0.1) is 6.92 Å². The summed E-state index contributed by atoms with van der Waals surface area (Å²) in [5.41, 5.74) is 0.747. The van der Waals surface area contributed by atoms with Gasteiger partial charge in [-0.05, 0) is 42.8 Å². The first-order valence-corrected chi connectivity index (χ1v) is 11.3. The lowest BCUT2D eigenvalue weighted by Crippen LogP contribution is -2.40. The Labute approximate surface area is 186 Å². The number of hydrogen-bond acceptors (Lipinski definition) is 8. The van der Waals surface area contributed by atoms with Gasteiger partial charge in [0.2, 0.25) is 15.8 Å². The molecule has 32 heavy (non-hydrogen) atoms. The molecule has 10 heteroatoms. The normalized spacial score (nSPS) is 14.6. The monoisotopic (exact) mass is 463 g/mol. The van der Waals surface area contributed by atoms with Gasteiger partial charge in [0.1, 0.15) is 11.5 Å². The van der Waals surface area contributed by atoms with Gasteiger partial charge in [0.15, 0.2) is 6.61 Å². The van der Waals surface area contributed by atoms with Crippen molar-refractivity contribution in [3.05, 3.63) is 53.1 Å². The minimum absolute atomic E-state index is 0.0228. The summed E-state index contributed by atoms with van der Waals surface area (Å²) in [6, 6.07) is 9.00. The predicted molar refractivity (Wildman–Crippen MR) is 115 cm³/mol. The number of aryl methyl sites for hydroxylation is 1. The van der Waals surface area contributed by atoms with Gasteiger partial charge in [0, 0.05) is 13.1 Å². The van der Waals surface area contributed by atoms with E-state index >= 15 is 0 Å². The highest BCUT2D eigenvalue weighted by Gasteiger charge is 2.28. The van der Waals surface area contributed by atoms with Gasteiger partial charge in [0.25, 0.3) is 0 Å². The number of methoxy groups -OCH3 is 2. The molecule has 0 saturated carbocycles. The lowest BCUT2D eigenvalue weighted by molar-refractivity contribution is 0.0473. The number of ether oxygens (including phenoxy) is 4. The molecule has 1 aliphatic rings. The van der Waals surface area contributed by atoms with E-state index in [2.05, 4.69) is 0 Å². The molecule has 0 amide bonds. The Morgan fingerprint density at radius 2 is 1.75 bits per heavy atom. The van der Waals surface area contributed by atoms with Crippen molar-refractivity contribution in [2.75, 3.05) is 47.1 Å². The Hall–Kier alpha value is -2.95. The Kier molecular flexibility index (Phi) is 7.49. The fourth-order valence-corrected chi connectivity index (χ4v) is 4.91. The molecular weight excluding hydrogens is 438 g/mol. The Balaban J connectivity index is 1.76. The number of nitrogens with zero attached hydrogens (tertiary/aromatic N) is 1. The summed E-state index contributed by atoms with van der Waals surface area (Å²) in [4.78, 5) is 25.2. The number of carbonyl (C=O) groups is 2. The molecule has 1 heterocycles. The summed E-state index contributed by atoms with van der Waals surface area (Å²) in [7, 11) is -0.899. The number of benzene rings is 2. The predicted octanol–water partition coefficient (Wildman–Crippen LogP) is 2.07. The van der Waals surface area contributed by atoms with E-state index in [0.29, 0.717) is 30.3 Å². The highest BCUT2D eigenvalue weighted by Crippen LogP contribution is 2.25. The third-order valence-corrected chi connectivity index (χ3v) is 7.09. The van der Waals surface area contributed by atoms with Gasteiger partial charge < -0.3 is 18.9 Å². The summed E-state index contributed by atoms with van der Waals surface area (Å²) in [5, 5.41) is 0. The van der Waals surface area contributed by atoms with E-state index in [-0.39, 0.29) is 29.1 Å². The fraction of sp³-hybridized carbons (Fsp3) is 0.364. The van der Waals surface area contributed by atoms with Crippen molar-refractivity contribution >= 4 is 21.8 Å². The van der Waals surface area contributed by atoms with Crippen LogP contribution in [0.5, 0.6) is 11.5 Å². The summed E-state index contributed by atoms with van der Waals surface area (Å²) >= 11 is 0. The molecule has 3 rings (SSSR count). The molecule has 0 aromatic heterocycles. The minimum atomic E-state index is -3.79. The molecule has 0 unspecified atom stereocenters. The van der Waals surface area contributed by atoms with Crippen LogP contribution in [0.25, 0.3) is 0 Å². The quantitative estimate of drug-likeness (QED) is 0.432. The Morgan fingerprint density at radius 1 is 1.03 bits per heavy atom. The average Bonchev–Trinajstić information content (AvgIpc) is 2.82. The van der Waals surface area contributed by atoms with Crippen LogP contribution >= 0.6 is 0 Å². The van der Waals surface area contributed by atoms with E-state index in [1.54, 1.807) is 19.1 Å². The Morgan fingerprint density at radius 3 is 2.41 bits per heavy atom. The zero-order valence-corrected chi connectivity index (χ0v) is 18.9. The lowest BCUT2D eigenvalue weighted by Gasteiger charge is -2.26. The van der Waals surface area contributed by atoms with Crippen molar-refractivity contribution < 1.29 is 37.0 Å². The highest BCUT2D eigenvalue weighted by molar-refractivity contribution is 7.89. The maximum Gasteiger partial charge on any atom is 0.338 e. The first-order valence-electron chi connectivity index (χ1n) is 9.89. The van der Waals surface area contributed by atoms with E-state index in [9.17, 15) is 18.0 Å². The molecule has 1 fully saturated rings. The van der Waals surface area contributed by atoms with Crippen molar-refractivity contribution in [2.24, 2.45) is 0 Å². The van der Waals surface area contributed by atoms with Crippen LogP contribution < -0.4 is 9.47 Å². The molecule has 172 valence electrons. The van der Waals surface area contributed by atoms with Crippen LogP contribution in [0.1, 0.15) is 26.3 Å². The standard InChI is InChI=1S/C22H25NO8S/c1-15-4-5-16(12-21(15)32(26,27)23-8-10-30-11-9-23)22(25)31-14-19(24)18-13-17(28-2)6-7-20(18)29-3/h4-7,12-13H,8-11,14H2,1-3H3. The first-order chi connectivity index (χ1) is 15.3. The highest BCUT2D eigenvalue weighted by atomic mass is 32.2. The molecule has 0 bridgehead atoms. The van der Waals surface area contributed by atoms with Crippen LogP contribution in [0.3, 0.4) is 0 Å². The average molecular weight is 464 g/mol. The second-order valence-corrected chi connectivity index (χ2v) is 8.97. The number of morpholine rings is 1. The zero-order chi connectivity index (χ0) is 23.3. The molecule has 0 radical (unpaired) electrons. The maximum absolute atomic E-state index is 13.0. The van der Waals surface area contributed by atoms with Crippen LogP contribution in [-0.4, -0.2) is 71.6 Å². The fourth-order valence-electron chi connectivity index (χ4n) is 3.26. The molecule has 0 N–H and O–H groups in total. The number of Topliss-reactive ketones (excluding diaryl/α,β-unsaturated/α-hetero) is 1. The van der Waals surface area contributed by atoms with Crippen molar-refractivity contribution in [1.29, 1.82) is 0 Å². The van der Waals surface area contributed by atoms with E-state index < -0.39 is 28.4 Å². The number of esters is 1. The first kappa shape index (κ1) is 23.7. The molecule has 2 aromatic rings. The van der Waals surface area contributed by atoms with Gasteiger partial charge in [-0.3, -0.25) is 4.79 Å². The summed E-state index contributed by atoms with van der Waals surface area (Å²) in [6.45, 7) is 2.23. The van der Waals surface area contributed by atoms with Crippen LogP contribution in [0.4, 0.5) is 0 Å². The van der Waals surface area contributed by atoms with E-state index in [1.807, 2.05) is 0 Å². The van der Waals surface area contributed by atoms with Crippen LogP contribution in [0.2, 0.25) is 0 Å². The number of carbonyl (C=O) groups excluding carboxylic acids is 2. The van der Waals surface area contributed by atoms with E-state index in [0.717, 1.165) is 0 Å². The third-order valence-electron chi connectivity index (χ3n) is 5.05. The Bertz CT molecular complexity index is 1110. The largest absolute Gasteiger partial charge is 0.497 e. The van der Waals surface area contributed by atoms with E-state index in [1.165, 1.54) is 42.8 Å². The second kappa shape index (κ2) is 10.1. The van der Waals surface area contributed by atoms with Gasteiger partial charge in [-0.1, -0.05) is 6.07 Å². The van der Waals surface area contributed by atoms with Crippen molar-refractivity contribution in [2.45, 2.75) is 11.8 Å². The topological polar surface area (TPSA) is 108 Å². The lowest BCUT2D eigenvalue weighted by atomic mass is 10.1. The molecular formula is C22H25NO8S. The van der Waals surface area contributed by atoms with Crippen LogP contribution in [0.15, 0.2) is 41.3 Å². The molecule has 1 aliphatic heterocycles. The summed E-state index contributed by atoms with van der Waals surface area (Å²) < 4.78 is 48.0. The third kappa shape index (κ3) is 5.09. The van der Waals surface area contributed by atoms with Gasteiger partial charge >= 0.3 is 5.97 Å². The number of hydrogen-bond donors (Lipinski definition) is 0. The second-order valence-electron chi connectivity index (χ2n) is 7.06. The SMILES string of the molecule is COc1ccc(OC)c(C(=O)COC(=O)c2ccc(C)c(S(=O)(=O)N3CCOCC3)c2)c1. The number of sulfonamides is 1. The number of rotatable bonds is 8. The van der Waals surface area contributed by atoms with Gasteiger partial charge in [-0.25, -0.2) is 13.2 Å². The summed E-state index contributed by atoms with van der Waals surface area (Å²) in [5.74, 6) is -0.515. The van der Waals surface area contributed by atoms with Crippen molar-refractivity contribution in [3.63, 3.8) is 0 Å². The summed E-state index contributed by atoms with van der Waals surface area (Å²) in [6.07, 6.45) is 0.